The topological polar surface area (TPSA) is 57.6 Å². The number of hydrogen-bond donors (Lipinski definition) is 1. The monoisotopic (exact) mass is 259 g/mol. The van der Waals surface area contributed by atoms with Crippen LogP contribution >= 0.6 is 11.8 Å². The molecule has 1 aliphatic rings. The lowest BCUT2D eigenvalue weighted by Gasteiger charge is -2.25. The molecule has 0 bridgehead atoms. The van der Waals surface area contributed by atoms with E-state index < -0.39 is 12.0 Å². The summed E-state index contributed by atoms with van der Waals surface area (Å²) in [6.45, 7) is 8.61. The maximum atomic E-state index is 12.0. The zero-order valence-corrected chi connectivity index (χ0v) is 11.7. The summed E-state index contributed by atoms with van der Waals surface area (Å²) in [7, 11) is 0. The number of likely N-dealkylation sites (tertiary alicyclic amines) is 1. The Morgan fingerprint density at radius 3 is 2.47 bits per heavy atom. The van der Waals surface area contributed by atoms with Crippen LogP contribution in [-0.4, -0.2) is 45.0 Å². The van der Waals surface area contributed by atoms with Crippen LogP contribution in [-0.2, 0) is 9.59 Å². The van der Waals surface area contributed by atoms with E-state index >= 15 is 0 Å². The van der Waals surface area contributed by atoms with E-state index in [1.807, 2.05) is 27.7 Å². The number of aliphatic carboxylic acids is 1. The number of carbonyl (C=O) groups is 2. The van der Waals surface area contributed by atoms with E-state index in [0.29, 0.717) is 12.3 Å². The van der Waals surface area contributed by atoms with Crippen molar-refractivity contribution in [1.29, 1.82) is 0 Å². The molecular formula is C12H21NO3S. The SMILES string of the molecule is CC1CCN(C(=O)CSC(C)(C)C)C1C(=O)O. The van der Waals surface area contributed by atoms with Crippen molar-refractivity contribution < 1.29 is 14.7 Å². The number of carboxylic acids is 1. The summed E-state index contributed by atoms with van der Waals surface area (Å²) in [6.07, 6.45) is 0.781. The van der Waals surface area contributed by atoms with Crippen molar-refractivity contribution in [2.45, 2.75) is 44.9 Å². The quantitative estimate of drug-likeness (QED) is 0.840. The number of nitrogens with zero attached hydrogens (tertiary/aromatic N) is 1. The van der Waals surface area contributed by atoms with Crippen LogP contribution in [0.2, 0.25) is 0 Å². The normalized spacial score (nSPS) is 25.1. The average Bonchev–Trinajstić information content (AvgIpc) is 2.55. The molecule has 1 N–H and O–H groups in total. The van der Waals surface area contributed by atoms with Crippen molar-refractivity contribution in [3.63, 3.8) is 0 Å². The molecule has 0 aliphatic carbocycles. The van der Waals surface area contributed by atoms with E-state index in [-0.39, 0.29) is 16.6 Å². The van der Waals surface area contributed by atoms with Crippen LogP contribution in [0.1, 0.15) is 34.1 Å². The van der Waals surface area contributed by atoms with Crippen LogP contribution in [0, 0.1) is 5.92 Å². The summed E-state index contributed by atoms with van der Waals surface area (Å²) in [5, 5.41) is 9.13. The minimum Gasteiger partial charge on any atom is -0.480 e. The molecule has 98 valence electrons. The second-order valence-electron chi connectivity index (χ2n) is 5.54. The predicted octanol–water partition coefficient (Wildman–Crippen LogP) is 1.84. The zero-order chi connectivity index (χ0) is 13.2. The van der Waals surface area contributed by atoms with Gasteiger partial charge >= 0.3 is 5.97 Å². The van der Waals surface area contributed by atoms with Crippen molar-refractivity contribution in [1.82, 2.24) is 4.90 Å². The number of carbonyl (C=O) groups excluding carboxylic acids is 1. The molecule has 4 nitrogen and oxygen atoms in total. The van der Waals surface area contributed by atoms with Crippen molar-refractivity contribution in [3.8, 4) is 0 Å². The van der Waals surface area contributed by atoms with Crippen molar-refractivity contribution in [3.05, 3.63) is 0 Å². The molecule has 5 heteroatoms. The van der Waals surface area contributed by atoms with Gasteiger partial charge in [0.05, 0.1) is 5.75 Å². The standard InChI is InChI=1S/C12H21NO3S/c1-8-5-6-13(10(8)11(15)16)9(14)7-17-12(2,3)4/h8,10H,5-7H2,1-4H3,(H,15,16). The van der Waals surface area contributed by atoms with E-state index in [4.69, 9.17) is 5.11 Å². The van der Waals surface area contributed by atoms with Crippen LogP contribution in [0.4, 0.5) is 0 Å². The third-order valence-corrected chi connectivity index (χ3v) is 4.16. The Labute approximate surface area is 107 Å². The molecule has 1 aliphatic heterocycles. The fourth-order valence-corrected chi connectivity index (χ4v) is 2.69. The van der Waals surface area contributed by atoms with Crippen LogP contribution in [0.15, 0.2) is 0 Å². The third kappa shape index (κ3) is 3.91. The van der Waals surface area contributed by atoms with Gasteiger partial charge in [-0.15, -0.1) is 11.8 Å². The first-order valence-electron chi connectivity index (χ1n) is 5.88. The minimum absolute atomic E-state index is 0.0275. The Morgan fingerprint density at radius 1 is 1.41 bits per heavy atom. The highest BCUT2D eigenvalue weighted by Crippen LogP contribution is 2.27. The maximum absolute atomic E-state index is 12.0. The highest BCUT2D eigenvalue weighted by molar-refractivity contribution is 8.01. The fourth-order valence-electron chi connectivity index (χ4n) is 1.96. The first kappa shape index (κ1) is 14.4. The molecule has 0 spiro atoms. The third-order valence-electron chi connectivity index (χ3n) is 2.90. The number of hydrogen-bond acceptors (Lipinski definition) is 3. The van der Waals surface area contributed by atoms with Gasteiger partial charge in [-0.3, -0.25) is 4.79 Å². The lowest BCUT2D eigenvalue weighted by molar-refractivity contribution is -0.148. The summed E-state index contributed by atoms with van der Waals surface area (Å²) in [5.74, 6) is -0.526. The summed E-state index contributed by atoms with van der Waals surface area (Å²) in [6, 6.07) is -0.636. The Morgan fingerprint density at radius 2 is 2.00 bits per heavy atom. The van der Waals surface area contributed by atoms with Gasteiger partial charge in [0.2, 0.25) is 5.91 Å². The maximum Gasteiger partial charge on any atom is 0.326 e. The van der Waals surface area contributed by atoms with Crippen molar-refractivity contribution in [2.24, 2.45) is 5.92 Å². The second-order valence-corrected chi connectivity index (χ2v) is 7.34. The van der Waals surface area contributed by atoms with Gasteiger partial charge in [0.1, 0.15) is 6.04 Å². The summed E-state index contributed by atoms with van der Waals surface area (Å²) in [4.78, 5) is 24.6. The van der Waals surface area contributed by atoms with E-state index in [2.05, 4.69) is 0 Å². The average molecular weight is 259 g/mol. The molecule has 1 amide bonds. The summed E-state index contributed by atoms with van der Waals surface area (Å²) >= 11 is 1.56. The van der Waals surface area contributed by atoms with E-state index in [1.54, 1.807) is 11.8 Å². The van der Waals surface area contributed by atoms with E-state index in [1.165, 1.54) is 4.90 Å². The number of amides is 1. The second kappa shape index (κ2) is 5.29. The summed E-state index contributed by atoms with van der Waals surface area (Å²) in [5.41, 5.74) is 0. The highest BCUT2D eigenvalue weighted by atomic mass is 32.2. The van der Waals surface area contributed by atoms with Gasteiger partial charge in [-0.1, -0.05) is 27.7 Å². The Balaban J connectivity index is 2.60. The van der Waals surface area contributed by atoms with Gasteiger partial charge in [-0.2, -0.15) is 0 Å². The minimum atomic E-state index is -0.885. The molecule has 0 saturated carbocycles. The van der Waals surface area contributed by atoms with Crippen LogP contribution < -0.4 is 0 Å². The van der Waals surface area contributed by atoms with Crippen LogP contribution in [0.25, 0.3) is 0 Å². The molecule has 1 rings (SSSR count). The molecular weight excluding hydrogens is 238 g/mol. The van der Waals surface area contributed by atoms with Gasteiger partial charge < -0.3 is 10.0 Å². The number of rotatable bonds is 3. The Bertz CT molecular complexity index is 311. The van der Waals surface area contributed by atoms with Gasteiger partial charge in [-0.05, 0) is 12.3 Å². The first-order valence-corrected chi connectivity index (χ1v) is 6.87. The molecule has 2 unspecified atom stereocenters. The molecule has 17 heavy (non-hydrogen) atoms. The van der Waals surface area contributed by atoms with E-state index in [0.717, 1.165) is 6.42 Å². The Hall–Kier alpha value is -0.710. The first-order chi connectivity index (χ1) is 7.72. The highest BCUT2D eigenvalue weighted by Gasteiger charge is 2.39. The largest absolute Gasteiger partial charge is 0.480 e. The predicted molar refractivity (Wildman–Crippen MR) is 69.1 cm³/mol. The molecule has 2 atom stereocenters. The lowest BCUT2D eigenvalue weighted by atomic mass is 10.0. The molecule has 0 radical (unpaired) electrons. The number of carboxylic acid groups (broad SMARTS) is 1. The molecule has 1 fully saturated rings. The molecule has 0 aromatic heterocycles. The van der Waals surface area contributed by atoms with Gasteiger partial charge in [0.15, 0.2) is 0 Å². The Kier molecular flexibility index (Phi) is 4.47. The molecule has 1 heterocycles. The van der Waals surface area contributed by atoms with Crippen LogP contribution in [0.3, 0.4) is 0 Å². The van der Waals surface area contributed by atoms with Gasteiger partial charge in [-0.25, -0.2) is 4.79 Å². The van der Waals surface area contributed by atoms with Crippen LogP contribution in [0.5, 0.6) is 0 Å². The van der Waals surface area contributed by atoms with Gasteiger partial charge in [0.25, 0.3) is 0 Å². The summed E-state index contributed by atoms with van der Waals surface area (Å²) < 4.78 is 0.0275. The van der Waals surface area contributed by atoms with Gasteiger partial charge in [0, 0.05) is 11.3 Å². The van der Waals surface area contributed by atoms with Crippen molar-refractivity contribution in [2.75, 3.05) is 12.3 Å². The zero-order valence-electron chi connectivity index (χ0n) is 10.9. The fraction of sp³-hybridized carbons (Fsp3) is 0.833. The lowest BCUT2D eigenvalue weighted by Crippen LogP contribution is -2.43. The molecule has 0 aromatic rings. The smallest absolute Gasteiger partial charge is 0.326 e. The van der Waals surface area contributed by atoms with Crippen molar-refractivity contribution >= 4 is 23.6 Å². The molecule has 1 saturated heterocycles. The number of thioether (sulfide) groups is 1. The molecule has 0 aromatic carbocycles. The van der Waals surface area contributed by atoms with E-state index in [9.17, 15) is 9.59 Å².